The second-order valence-electron chi connectivity index (χ2n) is 4.02. The summed E-state index contributed by atoms with van der Waals surface area (Å²) in [6.45, 7) is 6.47. The van der Waals surface area contributed by atoms with E-state index in [1.54, 1.807) is 20.8 Å². The largest absolute Gasteiger partial charge is 0.392 e. The van der Waals surface area contributed by atoms with Crippen molar-refractivity contribution in [3.8, 4) is 0 Å². The third kappa shape index (κ3) is 3.61. The molecule has 0 amide bonds. The Morgan fingerprint density at radius 1 is 1.33 bits per heavy atom. The van der Waals surface area contributed by atoms with Crippen molar-refractivity contribution >= 4 is 0 Å². The van der Waals surface area contributed by atoms with Gasteiger partial charge in [0.1, 0.15) is 5.82 Å². The molecule has 0 saturated heterocycles. The zero-order valence-corrected chi connectivity index (χ0v) is 9.47. The molecule has 0 radical (unpaired) electrons. The lowest BCUT2D eigenvalue weighted by molar-refractivity contribution is 0.191. The number of hydrogen-bond donors (Lipinski definition) is 2. The number of halogens is 1. The molecule has 0 saturated carbocycles. The van der Waals surface area contributed by atoms with E-state index in [1.165, 1.54) is 0 Å². The van der Waals surface area contributed by atoms with Gasteiger partial charge in [-0.05, 0) is 37.5 Å². The molecule has 0 aromatic heterocycles. The molecule has 3 heteroatoms. The van der Waals surface area contributed by atoms with Gasteiger partial charge in [-0.2, -0.15) is 0 Å². The Morgan fingerprint density at radius 2 is 1.87 bits per heavy atom. The minimum atomic E-state index is -0.354. The van der Waals surface area contributed by atoms with E-state index in [0.29, 0.717) is 24.2 Å². The van der Waals surface area contributed by atoms with Crippen LogP contribution in [-0.4, -0.2) is 17.8 Å². The van der Waals surface area contributed by atoms with Crippen molar-refractivity contribution in [2.24, 2.45) is 0 Å². The summed E-state index contributed by atoms with van der Waals surface area (Å²) in [7, 11) is 0. The predicted octanol–water partition coefficient (Wildman–Crippen LogP) is 1.91. The molecule has 0 aliphatic heterocycles. The fourth-order valence-electron chi connectivity index (χ4n) is 1.56. The standard InChI is InChI=1S/C12H18FNO/c1-8-4-11(5-9(2)12(8)13)7-14-6-10(3)15/h4-5,10,14-15H,6-7H2,1-3H3. The average Bonchev–Trinajstić information content (AvgIpc) is 2.13. The van der Waals surface area contributed by atoms with Crippen LogP contribution < -0.4 is 5.32 Å². The van der Waals surface area contributed by atoms with Gasteiger partial charge in [-0.25, -0.2) is 4.39 Å². The monoisotopic (exact) mass is 211 g/mol. The highest BCUT2D eigenvalue weighted by atomic mass is 19.1. The Bertz CT molecular complexity index is 313. The number of rotatable bonds is 4. The Balaban J connectivity index is 2.63. The highest BCUT2D eigenvalue weighted by Gasteiger charge is 2.04. The Hall–Kier alpha value is -0.930. The molecule has 1 unspecified atom stereocenters. The van der Waals surface area contributed by atoms with Crippen LogP contribution in [0, 0.1) is 19.7 Å². The van der Waals surface area contributed by atoms with Crippen molar-refractivity contribution in [1.82, 2.24) is 5.32 Å². The van der Waals surface area contributed by atoms with Crippen LogP contribution in [0.4, 0.5) is 4.39 Å². The molecule has 1 aromatic rings. The summed E-state index contributed by atoms with van der Waals surface area (Å²) in [5, 5.41) is 12.2. The van der Waals surface area contributed by atoms with Crippen LogP contribution >= 0.6 is 0 Å². The average molecular weight is 211 g/mol. The summed E-state index contributed by atoms with van der Waals surface area (Å²) < 4.78 is 13.3. The van der Waals surface area contributed by atoms with Crippen molar-refractivity contribution in [3.63, 3.8) is 0 Å². The molecule has 0 heterocycles. The van der Waals surface area contributed by atoms with E-state index < -0.39 is 0 Å². The number of aliphatic hydroxyl groups is 1. The van der Waals surface area contributed by atoms with Crippen molar-refractivity contribution in [2.75, 3.05) is 6.54 Å². The molecule has 1 rings (SSSR count). The zero-order valence-electron chi connectivity index (χ0n) is 9.47. The second-order valence-corrected chi connectivity index (χ2v) is 4.02. The SMILES string of the molecule is Cc1cc(CNCC(C)O)cc(C)c1F. The first-order valence-electron chi connectivity index (χ1n) is 5.15. The van der Waals surface area contributed by atoms with Crippen LogP contribution in [0.5, 0.6) is 0 Å². The summed E-state index contributed by atoms with van der Waals surface area (Å²) >= 11 is 0. The van der Waals surface area contributed by atoms with E-state index in [4.69, 9.17) is 5.11 Å². The predicted molar refractivity (Wildman–Crippen MR) is 59.3 cm³/mol. The summed E-state index contributed by atoms with van der Waals surface area (Å²) in [5.41, 5.74) is 2.39. The topological polar surface area (TPSA) is 32.3 Å². The van der Waals surface area contributed by atoms with E-state index >= 15 is 0 Å². The summed E-state index contributed by atoms with van der Waals surface area (Å²) in [6, 6.07) is 3.66. The van der Waals surface area contributed by atoms with Gasteiger partial charge in [-0.3, -0.25) is 0 Å². The quantitative estimate of drug-likeness (QED) is 0.797. The van der Waals surface area contributed by atoms with Crippen LogP contribution in [0.25, 0.3) is 0 Å². The van der Waals surface area contributed by atoms with Crippen LogP contribution in [0.1, 0.15) is 23.6 Å². The molecule has 0 aliphatic rings. The van der Waals surface area contributed by atoms with E-state index in [9.17, 15) is 4.39 Å². The van der Waals surface area contributed by atoms with Gasteiger partial charge in [0.2, 0.25) is 0 Å². The molecule has 15 heavy (non-hydrogen) atoms. The first-order chi connectivity index (χ1) is 7.00. The molecule has 0 bridgehead atoms. The second kappa shape index (κ2) is 5.24. The van der Waals surface area contributed by atoms with Crippen molar-refractivity contribution in [3.05, 3.63) is 34.6 Å². The van der Waals surface area contributed by atoms with Crippen LogP contribution in [-0.2, 0) is 6.54 Å². The molecule has 2 N–H and O–H groups in total. The third-order valence-corrected chi connectivity index (χ3v) is 2.27. The van der Waals surface area contributed by atoms with Crippen LogP contribution in [0.3, 0.4) is 0 Å². The number of nitrogens with one attached hydrogen (secondary N) is 1. The maximum absolute atomic E-state index is 13.3. The van der Waals surface area contributed by atoms with E-state index in [0.717, 1.165) is 5.56 Å². The van der Waals surface area contributed by atoms with Gasteiger partial charge < -0.3 is 10.4 Å². The number of benzene rings is 1. The summed E-state index contributed by atoms with van der Waals surface area (Å²) in [5.74, 6) is -0.130. The van der Waals surface area contributed by atoms with Crippen molar-refractivity contribution in [1.29, 1.82) is 0 Å². The summed E-state index contributed by atoms with van der Waals surface area (Å²) in [4.78, 5) is 0. The minimum Gasteiger partial charge on any atom is -0.392 e. The lowest BCUT2D eigenvalue weighted by Gasteiger charge is -2.09. The zero-order chi connectivity index (χ0) is 11.4. The minimum absolute atomic E-state index is 0.130. The van der Waals surface area contributed by atoms with Crippen LogP contribution in [0.2, 0.25) is 0 Å². The van der Waals surface area contributed by atoms with E-state index in [2.05, 4.69) is 5.32 Å². The molecular formula is C12H18FNO. The molecule has 1 atom stereocenters. The third-order valence-electron chi connectivity index (χ3n) is 2.27. The molecule has 0 spiro atoms. The highest BCUT2D eigenvalue weighted by Crippen LogP contribution is 2.14. The van der Waals surface area contributed by atoms with Gasteiger partial charge in [0.05, 0.1) is 6.10 Å². The maximum atomic E-state index is 13.3. The molecule has 0 aliphatic carbocycles. The van der Waals surface area contributed by atoms with Gasteiger partial charge in [0.15, 0.2) is 0 Å². The highest BCUT2D eigenvalue weighted by molar-refractivity contribution is 5.30. The van der Waals surface area contributed by atoms with Gasteiger partial charge in [0.25, 0.3) is 0 Å². The fourth-order valence-corrected chi connectivity index (χ4v) is 1.56. The van der Waals surface area contributed by atoms with E-state index in [1.807, 2.05) is 12.1 Å². The van der Waals surface area contributed by atoms with Gasteiger partial charge in [-0.1, -0.05) is 12.1 Å². The Kier molecular flexibility index (Phi) is 4.24. The first kappa shape index (κ1) is 12.1. The number of aliphatic hydroxyl groups excluding tert-OH is 1. The van der Waals surface area contributed by atoms with E-state index in [-0.39, 0.29) is 11.9 Å². The summed E-state index contributed by atoms with van der Waals surface area (Å²) in [6.07, 6.45) is -0.354. The number of aryl methyl sites for hydroxylation is 2. The normalized spacial score (nSPS) is 12.9. The number of hydrogen-bond acceptors (Lipinski definition) is 2. The fraction of sp³-hybridized carbons (Fsp3) is 0.500. The molecule has 84 valence electrons. The lowest BCUT2D eigenvalue weighted by Crippen LogP contribution is -2.23. The van der Waals surface area contributed by atoms with Crippen molar-refractivity contribution in [2.45, 2.75) is 33.4 Å². The van der Waals surface area contributed by atoms with Crippen LogP contribution in [0.15, 0.2) is 12.1 Å². The lowest BCUT2D eigenvalue weighted by atomic mass is 10.1. The smallest absolute Gasteiger partial charge is 0.129 e. The Labute approximate surface area is 90.1 Å². The van der Waals surface area contributed by atoms with Gasteiger partial charge >= 0.3 is 0 Å². The van der Waals surface area contributed by atoms with Crippen molar-refractivity contribution < 1.29 is 9.50 Å². The Morgan fingerprint density at radius 3 is 2.33 bits per heavy atom. The molecular weight excluding hydrogens is 193 g/mol. The molecule has 0 fully saturated rings. The maximum Gasteiger partial charge on any atom is 0.129 e. The van der Waals surface area contributed by atoms with Gasteiger partial charge in [-0.15, -0.1) is 0 Å². The molecule has 1 aromatic carbocycles. The first-order valence-corrected chi connectivity index (χ1v) is 5.15. The molecule has 2 nitrogen and oxygen atoms in total. The van der Waals surface area contributed by atoms with Gasteiger partial charge in [0, 0.05) is 13.1 Å².